The van der Waals surface area contributed by atoms with Gasteiger partial charge in [0.1, 0.15) is 12.2 Å². The van der Waals surface area contributed by atoms with Gasteiger partial charge in [0.2, 0.25) is 0 Å². The summed E-state index contributed by atoms with van der Waals surface area (Å²) in [4.78, 5) is 11.2. The van der Waals surface area contributed by atoms with Crippen LogP contribution >= 0.6 is 0 Å². The van der Waals surface area contributed by atoms with Crippen LogP contribution in [-0.4, -0.2) is 13.7 Å². The van der Waals surface area contributed by atoms with E-state index in [1.165, 1.54) is 11.6 Å². The van der Waals surface area contributed by atoms with E-state index in [4.69, 9.17) is 13.9 Å². The summed E-state index contributed by atoms with van der Waals surface area (Å²) in [5, 5.41) is 0.799. The Balaban J connectivity index is 2.39. The molecule has 0 atom stereocenters. The normalized spacial score (nSPS) is 10.3. The quantitative estimate of drug-likeness (QED) is 0.626. The number of allylic oxidation sites excluding steroid dienone is 1. The Morgan fingerprint density at radius 1 is 1.26 bits per heavy atom. The van der Waals surface area contributed by atoms with Crippen LogP contribution in [0.25, 0.3) is 11.0 Å². The molecule has 0 bridgehead atoms. The van der Waals surface area contributed by atoms with Crippen LogP contribution in [0.4, 0.5) is 0 Å². The van der Waals surface area contributed by atoms with E-state index in [2.05, 4.69) is 0 Å². The number of benzene rings is 1. The molecule has 0 aliphatic rings. The highest BCUT2D eigenvalue weighted by atomic mass is 16.5. The lowest BCUT2D eigenvalue weighted by Gasteiger charge is -2.10. The first kappa shape index (κ1) is 13.2. The van der Waals surface area contributed by atoms with Crippen molar-refractivity contribution < 1.29 is 13.9 Å². The first-order chi connectivity index (χ1) is 9.10. The Morgan fingerprint density at radius 2 is 2.05 bits per heavy atom. The van der Waals surface area contributed by atoms with Gasteiger partial charge in [-0.2, -0.15) is 0 Å². The zero-order chi connectivity index (χ0) is 13.8. The second-order valence-electron chi connectivity index (χ2n) is 4.39. The molecule has 100 valence electrons. The number of methoxy groups -OCH3 is 1. The summed E-state index contributed by atoms with van der Waals surface area (Å²) < 4.78 is 16.0. The minimum absolute atomic E-state index is 0.382. The van der Waals surface area contributed by atoms with Gasteiger partial charge in [0.25, 0.3) is 0 Å². The molecule has 0 amide bonds. The third-order valence-corrected chi connectivity index (χ3v) is 2.64. The molecule has 4 nitrogen and oxygen atoms in total. The van der Waals surface area contributed by atoms with Gasteiger partial charge in [-0.3, -0.25) is 0 Å². The van der Waals surface area contributed by atoms with Gasteiger partial charge in [-0.25, -0.2) is 4.79 Å². The number of hydrogen-bond acceptors (Lipinski definition) is 4. The summed E-state index contributed by atoms with van der Waals surface area (Å²) in [6.45, 7) is 4.49. The fourth-order valence-corrected chi connectivity index (χ4v) is 1.65. The Morgan fingerprint density at radius 3 is 2.74 bits per heavy atom. The van der Waals surface area contributed by atoms with Crippen LogP contribution in [0.1, 0.15) is 13.8 Å². The fraction of sp³-hybridized carbons (Fsp3) is 0.267. The van der Waals surface area contributed by atoms with Crippen LogP contribution in [-0.2, 0) is 0 Å². The second kappa shape index (κ2) is 5.61. The number of hydrogen-bond donors (Lipinski definition) is 0. The topological polar surface area (TPSA) is 48.7 Å². The predicted octanol–water partition coefficient (Wildman–Crippen LogP) is 3.15. The van der Waals surface area contributed by atoms with Crippen molar-refractivity contribution in [1.82, 2.24) is 0 Å². The Bertz CT molecular complexity index is 663. The van der Waals surface area contributed by atoms with Crippen molar-refractivity contribution in [1.29, 1.82) is 0 Å². The number of rotatable bonds is 4. The third kappa shape index (κ3) is 3.16. The van der Waals surface area contributed by atoms with Crippen LogP contribution < -0.4 is 15.1 Å². The average Bonchev–Trinajstić information content (AvgIpc) is 2.37. The van der Waals surface area contributed by atoms with Gasteiger partial charge >= 0.3 is 5.63 Å². The highest BCUT2D eigenvalue weighted by Gasteiger charge is 2.08. The molecule has 1 aromatic heterocycles. The summed E-state index contributed by atoms with van der Waals surface area (Å²) in [6.07, 6.45) is 1.98. The van der Waals surface area contributed by atoms with E-state index in [1.54, 1.807) is 25.3 Å². The molecule has 0 saturated heterocycles. The van der Waals surface area contributed by atoms with Gasteiger partial charge in [0, 0.05) is 17.5 Å². The van der Waals surface area contributed by atoms with Gasteiger partial charge < -0.3 is 13.9 Å². The molecule has 1 heterocycles. The maximum Gasteiger partial charge on any atom is 0.336 e. The minimum Gasteiger partial charge on any atom is -0.493 e. The summed E-state index contributed by atoms with van der Waals surface area (Å²) in [5.74, 6) is 1.17. The average molecular weight is 260 g/mol. The zero-order valence-corrected chi connectivity index (χ0v) is 11.2. The Hall–Kier alpha value is -2.23. The van der Waals surface area contributed by atoms with Gasteiger partial charge in [-0.15, -0.1) is 0 Å². The summed E-state index contributed by atoms with van der Waals surface area (Å²) in [7, 11) is 1.55. The van der Waals surface area contributed by atoms with Gasteiger partial charge in [0.15, 0.2) is 11.5 Å². The predicted molar refractivity (Wildman–Crippen MR) is 74.0 cm³/mol. The van der Waals surface area contributed by atoms with Crippen molar-refractivity contribution in [2.24, 2.45) is 0 Å². The van der Waals surface area contributed by atoms with E-state index >= 15 is 0 Å². The maximum absolute atomic E-state index is 11.2. The summed E-state index contributed by atoms with van der Waals surface area (Å²) >= 11 is 0. The van der Waals surface area contributed by atoms with Crippen LogP contribution in [0.3, 0.4) is 0 Å². The molecule has 19 heavy (non-hydrogen) atoms. The summed E-state index contributed by atoms with van der Waals surface area (Å²) in [5.41, 5.74) is 1.29. The van der Waals surface area contributed by atoms with Crippen LogP contribution in [0.2, 0.25) is 0 Å². The number of fused-ring (bicyclic) bond motifs is 1. The fourth-order valence-electron chi connectivity index (χ4n) is 1.65. The van der Waals surface area contributed by atoms with E-state index < -0.39 is 0 Å². The first-order valence-electron chi connectivity index (χ1n) is 5.98. The molecule has 0 unspecified atom stereocenters. The molecule has 0 aliphatic carbocycles. The van der Waals surface area contributed by atoms with E-state index in [0.29, 0.717) is 23.7 Å². The number of ether oxygens (including phenoxy) is 2. The molecule has 0 aliphatic heterocycles. The molecule has 0 spiro atoms. The molecule has 0 N–H and O–H groups in total. The van der Waals surface area contributed by atoms with Gasteiger partial charge in [-0.1, -0.05) is 5.57 Å². The highest BCUT2D eigenvalue weighted by Crippen LogP contribution is 2.31. The largest absolute Gasteiger partial charge is 0.493 e. The third-order valence-electron chi connectivity index (χ3n) is 2.64. The summed E-state index contributed by atoms with van der Waals surface area (Å²) in [6, 6.07) is 6.55. The Labute approximate surface area is 111 Å². The van der Waals surface area contributed by atoms with Crippen molar-refractivity contribution in [2.75, 3.05) is 13.7 Å². The van der Waals surface area contributed by atoms with Crippen molar-refractivity contribution >= 4 is 11.0 Å². The lowest BCUT2D eigenvalue weighted by atomic mass is 10.2. The van der Waals surface area contributed by atoms with Crippen LogP contribution in [0.15, 0.2) is 45.1 Å². The highest BCUT2D eigenvalue weighted by molar-refractivity contribution is 5.80. The molecule has 2 aromatic rings. The van der Waals surface area contributed by atoms with Crippen LogP contribution in [0.5, 0.6) is 11.5 Å². The van der Waals surface area contributed by atoms with Gasteiger partial charge in [-0.05, 0) is 32.1 Å². The van der Waals surface area contributed by atoms with E-state index in [1.807, 2.05) is 19.9 Å². The maximum atomic E-state index is 11.2. The van der Waals surface area contributed by atoms with E-state index in [0.717, 1.165) is 5.39 Å². The van der Waals surface area contributed by atoms with Crippen molar-refractivity contribution in [2.45, 2.75) is 13.8 Å². The molecule has 2 rings (SSSR count). The lowest BCUT2D eigenvalue weighted by molar-refractivity contribution is 0.326. The lowest BCUT2D eigenvalue weighted by Crippen LogP contribution is -1.99. The van der Waals surface area contributed by atoms with E-state index in [9.17, 15) is 4.79 Å². The second-order valence-corrected chi connectivity index (χ2v) is 4.39. The van der Waals surface area contributed by atoms with Crippen molar-refractivity contribution in [3.8, 4) is 11.5 Å². The molecule has 1 aromatic carbocycles. The van der Waals surface area contributed by atoms with Crippen molar-refractivity contribution in [3.05, 3.63) is 46.3 Å². The van der Waals surface area contributed by atoms with Crippen molar-refractivity contribution in [3.63, 3.8) is 0 Å². The molecule has 4 heteroatoms. The SMILES string of the molecule is COc1cc2oc(=O)ccc2cc1OCC=C(C)C. The first-order valence-corrected chi connectivity index (χ1v) is 5.98. The minimum atomic E-state index is -0.382. The molecular weight excluding hydrogens is 244 g/mol. The molecule has 0 radical (unpaired) electrons. The van der Waals surface area contributed by atoms with Gasteiger partial charge in [0.05, 0.1) is 7.11 Å². The monoisotopic (exact) mass is 260 g/mol. The van der Waals surface area contributed by atoms with E-state index in [-0.39, 0.29) is 5.63 Å². The zero-order valence-electron chi connectivity index (χ0n) is 11.2. The molecule has 0 fully saturated rings. The Kier molecular flexibility index (Phi) is 3.90. The standard InChI is InChI=1S/C15H16O4/c1-10(2)6-7-18-14-8-11-4-5-15(16)19-12(11)9-13(14)17-3/h4-6,8-9H,7H2,1-3H3. The smallest absolute Gasteiger partial charge is 0.336 e. The molecule has 0 saturated carbocycles. The van der Waals surface area contributed by atoms with Crippen LogP contribution in [0, 0.1) is 0 Å². The molecular formula is C15H16O4.